The van der Waals surface area contributed by atoms with Gasteiger partial charge in [0.15, 0.2) is 0 Å². The van der Waals surface area contributed by atoms with Crippen molar-refractivity contribution in [2.24, 2.45) is 11.7 Å². The number of nitrogens with one attached hydrogen (secondary N) is 1. The molecule has 1 aliphatic heterocycles. The van der Waals surface area contributed by atoms with Gasteiger partial charge in [-0.25, -0.2) is 0 Å². The van der Waals surface area contributed by atoms with Crippen LogP contribution in [0.1, 0.15) is 35.2 Å². The number of hydrogen-bond acceptors (Lipinski definition) is 4. The van der Waals surface area contributed by atoms with E-state index in [1.165, 1.54) is 68.2 Å². The Balaban J connectivity index is 1.01. The van der Waals surface area contributed by atoms with Crippen molar-refractivity contribution in [3.63, 3.8) is 0 Å². The van der Waals surface area contributed by atoms with E-state index in [9.17, 15) is 0 Å². The summed E-state index contributed by atoms with van der Waals surface area (Å²) in [4.78, 5) is 0. The third-order valence-corrected chi connectivity index (χ3v) is 13.4. The second kappa shape index (κ2) is 13.9. The molecule has 2 nitrogen and oxygen atoms in total. The van der Waals surface area contributed by atoms with Crippen LogP contribution in [0.2, 0.25) is 0 Å². The van der Waals surface area contributed by atoms with Gasteiger partial charge in [0.25, 0.3) is 0 Å². The zero-order chi connectivity index (χ0) is 36.9. The van der Waals surface area contributed by atoms with Gasteiger partial charge in [-0.05, 0) is 68.8 Å². The summed E-state index contributed by atoms with van der Waals surface area (Å²) >= 11 is 3.71. The van der Waals surface area contributed by atoms with Crippen molar-refractivity contribution in [2.75, 3.05) is 0 Å². The summed E-state index contributed by atoms with van der Waals surface area (Å²) in [7, 11) is 0. The van der Waals surface area contributed by atoms with Gasteiger partial charge in [-0.3, -0.25) is 0 Å². The van der Waals surface area contributed by atoms with Crippen LogP contribution in [-0.2, 0) is 0 Å². The van der Waals surface area contributed by atoms with Crippen molar-refractivity contribution in [3.05, 3.63) is 214 Å². The van der Waals surface area contributed by atoms with Gasteiger partial charge in [0.05, 0.1) is 6.04 Å². The molecule has 6 aromatic carbocycles. The van der Waals surface area contributed by atoms with Crippen molar-refractivity contribution in [3.8, 4) is 11.1 Å². The minimum absolute atomic E-state index is 0.00276. The molecule has 55 heavy (non-hydrogen) atoms. The lowest BCUT2D eigenvalue weighted by atomic mass is 9.92. The van der Waals surface area contributed by atoms with Crippen LogP contribution < -0.4 is 20.8 Å². The summed E-state index contributed by atoms with van der Waals surface area (Å²) in [6, 6.07) is 52.5. The van der Waals surface area contributed by atoms with E-state index in [1.807, 2.05) is 22.7 Å². The number of hydrogen-bond donors (Lipinski definition) is 2. The molecule has 0 fully saturated rings. The second-order valence-corrected chi connectivity index (χ2v) is 16.5. The molecule has 0 bridgehead atoms. The van der Waals surface area contributed by atoms with E-state index in [2.05, 4.69) is 194 Å². The molecule has 3 heterocycles. The molecule has 2 aromatic heterocycles. The maximum absolute atomic E-state index is 7.14. The van der Waals surface area contributed by atoms with Crippen LogP contribution >= 0.6 is 22.7 Å². The molecule has 3 N–H and O–H groups in total. The number of rotatable bonds is 5. The predicted molar refractivity (Wildman–Crippen MR) is 238 cm³/mol. The number of nitrogens with two attached hydrogens (primary N) is 1. The van der Waals surface area contributed by atoms with Crippen LogP contribution in [0, 0.1) is 5.92 Å². The number of dihydropyridines is 1. The molecule has 0 saturated heterocycles. The molecular formula is C51H38N2S2. The van der Waals surface area contributed by atoms with Crippen LogP contribution in [0.15, 0.2) is 182 Å². The first-order chi connectivity index (χ1) is 27.1. The lowest BCUT2D eigenvalue weighted by Crippen LogP contribution is -2.29. The number of fused-ring (bicyclic) bond motifs is 4. The number of benzene rings is 6. The average Bonchev–Trinajstić information content (AvgIpc) is 3.83. The van der Waals surface area contributed by atoms with E-state index in [0.29, 0.717) is 5.92 Å². The average molecular weight is 743 g/mol. The van der Waals surface area contributed by atoms with Crippen LogP contribution in [0.25, 0.3) is 63.9 Å². The summed E-state index contributed by atoms with van der Waals surface area (Å²) in [5.74, 6) is 0.322. The lowest BCUT2D eigenvalue weighted by Gasteiger charge is -2.26. The summed E-state index contributed by atoms with van der Waals surface area (Å²) in [6.45, 7) is 2.26. The van der Waals surface area contributed by atoms with E-state index < -0.39 is 0 Å². The van der Waals surface area contributed by atoms with E-state index in [-0.39, 0.29) is 6.04 Å². The van der Waals surface area contributed by atoms with E-state index in [4.69, 9.17) is 5.73 Å². The third-order valence-electron chi connectivity index (χ3n) is 11.0. The van der Waals surface area contributed by atoms with Crippen LogP contribution in [0.4, 0.5) is 0 Å². The highest BCUT2D eigenvalue weighted by Gasteiger charge is 2.20. The molecule has 2 aliphatic rings. The fourth-order valence-corrected chi connectivity index (χ4v) is 10.6. The van der Waals surface area contributed by atoms with Crippen LogP contribution in [0.3, 0.4) is 0 Å². The van der Waals surface area contributed by atoms with Gasteiger partial charge in [-0.1, -0.05) is 165 Å². The second-order valence-electron chi connectivity index (χ2n) is 14.4. The highest BCUT2D eigenvalue weighted by Crippen LogP contribution is 2.40. The molecule has 4 heteroatoms. The van der Waals surface area contributed by atoms with Crippen molar-refractivity contribution in [1.29, 1.82) is 0 Å². The summed E-state index contributed by atoms with van der Waals surface area (Å²) < 4.78 is 5.17. The fourth-order valence-electron chi connectivity index (χ4n) is 8.05. The Bertz CT molecular complexity index is 3010. The molecule has 0 radical (unpaired) electrons. The Morgan fingerprint density at radius 2 is 1.31 bits per heavy atom. The quantitative estimate of drug-likeness (QED) is 0.184. The standard InChI is InChI=1S/C51H38N2S2/c1-32-12-5-6-15-39(32)51-48(43-17-8-10-21-47(43)55-51)49(52)37-28-26-36(27-29-37)45-31-38(33-13-3-2-4-14-33)30-44(53-45)35-24-22-34(23-25-35)40-18-11-19-42-41-16-7-9-20-46(41)54-50(40)42/h2-32,44,53H,52H2,1H3/b49-48-,51-39+. The van der Waals surface area contributed by atoms with Gasteiger partial charge in [0.2, 0.25) is 0 Å². The molecule has 10 rings (SSSR count). The third kappa shape index (κ3) is 6.04. The predicted octanol–water partition coefficient (Wildman–Crippen LogP) is 11.7. The van der Waals surface area contributed by atoms with Crippen LogP contribution in [-0.4, -0.2) is 0 Å². The molecule has 0 amide bonds. The molecular weight excluding hydrogens is 705 g/mol. The first kappa shape index (κ1) is 33.4. The normalized spacial score (nSPS) is 18.3. The SMILES string of the molecule is CC1C=CC=C/C1=c1\sc2ccccc2\c1=C(\N)c1ccc(C2=CC(c3ccccc3)=CC(c3ccc(-c4cccc5c4sc4ccccc45)cc3)N2)cc1. The molecule has 8 aromatic rings. The summed E-state index contributed by atoms with van der Waals surface area (Å²) in [5, 5.41) is 8.87. The molecule has 264 valence electrons. The Morgan fingerprint density at radius 1 is 0.618 bits per heavy atom. The Labute approximate surface area is 328 Å². The van der Waals surface area contributed by atoms with Gasteiger partial charge >= 0.3 is 0 Å². The minimum Gasteiger partial charge on any atom is -0.398 e. The van der Waals surface area contributed by atoms with Gasteiger partial charge < -0.3 is 11.1 Å². The highest BCUT2D eigenvalue weighted by atomic mass is 32.1. The topological polar surface area (TPSA) is 38.0 Å². The maximum Gasteiger partial charge on any atom is 0.0707 e. The van der Waals surface area contributed by atoms with Gasteiger partial charge in [-0.15, -0.1) is 22.7 Å². The van der Waals surface area contributed by atoms with Crippen molar-refractivity contribution >= 4 is 75.5 Å². The first-order valence-corrected chi connectivity index (χ1v) is 20.5. The van der Waals surface area contributed by atoms with Crippen molar-refractivity contribution < 1.29 is 0 Å². The zero-order valence-corrected chi connectivity index (χ0v) is 32.0. The first-order valence-electron chi connectivity index (χ1n) is 18.8. The number of thiophene rings is 2. The maximum atomic E-state index is 7.14. The van der Waals surface area contributed by atoms with Crippen molar-refractivity contribution in [1.82, 2.24) is 5.32 Å². The summed E-state index contributed by atoms with van der Waals surface area (Å²) in [5.41, 5.74) is 18.6. The Morgan fingerprint density at radius 3 is 2.09 bits per heavy atom. The van der Waals surface area contributed by atoms with Crippen molar-refractivity contribution in [2.45, 2.75) is 13.0 Å². The van der Waals surface area contributed by atoms with E-state index in [1.54, 1.807) is 0 Å². The van der Waals surface area contributed by atoms with Crippen LogP contribution in [0.5, 0.6) is 0 Å². The van der Waals surface area contributed by atoms with E-state index >= 15 is 0 Å². The zero-order valence-electron chi connectivity index (χ0n) is 30.4. The molecule has 1 aliphatic carbocycles. The molecule has 2 unspecified atom stereocenters. The smallest absolute Gasteiger partial charge is 0.0707 e. The minimum atomic E-state index is -0.00276. The molecule has 0 saturated carbocycles. The Hall–Kier alpha value is -6.20. The molecule has 0 spiro atoms. The molecule has 2 atom stereocenters. The van der Waals surface area contributed by atoms with E-state index in [0.717, 1.165) is 27.7 Å². The van der Waals surface area contributed by atoms with Gasteiger partial charge in [-0.2, -0.15) is 0 Å². The summed E-state index contributed by atoms with van der Waals surface area (Å²) in [6.07, 6.45) is 13.4. The highest BCUT2D eigenvalue weighted by molar-refractivity contribution is 7.26. The monoisotopic (exact) mass is 742 g/mol. The fraction of sp³-hybridized carbons (Fsp3) is 0.0588. The Kier molecular flexibility index (Phi) is 8.43. The van der Waals surface area contributed by atoms with Gasteiger partial charge in [0.1, 0.15) is 0 Å². The van der Waals surface area contributed by atoms with Gasteiger partial charge in [0, 0.05) is 57.3 Å². The lowest BCUT2D eigenvalue weighted by molar-refractivity contribution is 0.767. The number of allylic oxidation sites excluding steroid dienone is 6. The largest absolute Gasteiger partial charge is 0.398 e.